The first-order chi connectivity index (χ1) is 6.20. The van der Waals surface area contributed by atoms with Crippen LogP contribution in [0.1, 0.15) is 10.4 Å². The number of carboxylic acid groups (broad SMARTS) is 1. The summed E-state index contributed by atoms with van der Waals surface area (Å²) in [6.45, 7) is 0. The number of hydrogen-bond donors (Lipinski definition) is 1. The van der Waals surface area contributed by atoms with Crippen LogP contribution in [0.25, 0.3) is 0 Å². The Balaban J connectivity index is 2.44. The van der Waals surface area contributed by atoms with E-state index in [-0.39, 0.29) is 11.4 Å². The first-order valence-electron chi connectivity index (χ1n) is 3.59. The Bertz CT molecular complexity index is 387. The zero-order valence-corrected chi connectivity index (χ0v) is 6.43. The van der Waals surface area contributed by atoms with Crippen LogP contribution in [0.2, 0.25) is 0 Å². The van der Waals surface area contributed by atoms with Gasteiger partial charge in [-0.05, 0) is 12.1 Å². The average molecular weight is 179 g/mol. The Kier molecular flexibility index (Phi) is 1.51. The molecule has 1 atom stereocenters. The fourth-order valence-corrected chi connectivity index (χ4v) is 1.14. The topological polar surface area (TPSA) is 76.5 Å². The van der Waals surface area contributed by atoms with Gasteiger partial charge in [-0.15, -0.1) is 0 Å². The fourth-order valence-electron chi connectivity index (χ4n) is 1.14. The minimum atomic E-state index is -1.43. The number of ketones is 1. The lowest BCUT2D eigenvalue weighted by atomic mass is 10.1. The average Bonchev–Trinajstić information content (AvgIpc) is 2.45. The van der Waals surface area contributed by atoms with E-state index < -0.39 is 17.9 Å². The van der Waals surface area contributed by atoms with Crippen molar-refractivity contribution in [2.75, 3.05) is 0 Å². The summed E-state index contributed by atoms with van der Waals surface area (Å²) in [5, 5.41) is 8.58. The Hall–Kier alpha value is -1.91. The van der Waals surface area contributed by atoms with Crippen LogP contribution < -0.4 is 4.74 Å². The number of carboxylic acids is 1. The number of carbonyl (C=O) groups is 2. The molecule has 0 saturated carbocycles. The molecule has 1 aromatic heterocycles. The molecule has 2 rings (SSSR count). The van der Waals surface area contributed by atoms with Gasteiger partial charge >= 0.3 is 5.97 Å². The maximum Gasteiger partial charge on any atom is 0.353 e. The number of pyridine rings is 1. The van der Waals surface area contributed by atoms with Crippen molar-refractivity contribution in [1.82, 2.24) is 4.98 Å². The Labute approximate surface area is 73.0 Å². The number of fused-ring (bicyclic) bond motifs is 1. The Morgan fingerprint density at radius 3 is 3.00 bits per heavy atom. The molecule has 0 fully saturated rings. The van der Waals surface area contributed by atoms with Crippen molar-refractivity contribution in [3.63, 3.8) is 0 Å². The molecule has 0 saturated heterocycles. The molecule has 0 radical (unpaired) electrons. The second kappa shape index (κ2) is 2.55. The van der Waals surface area contributed by atoms with Gasteiger partial charge in [0.15, 0.2) is 0 Å². The zero-order valence-electron chi connectivity index (χ0n) is 6.43. The van der Waals surface area contributed by atoms with E-state index >= 15 is 0 Å². The predicted octanol–water partition coefficient (Wildman–Crippen LogP) is 0.110. The third kappa shape index (κ3) is 1.05. The van der Waals surface area contributed by atoms with E-state index in [1.54, 1.807) is 6.07 Å². The summed E-state index contributed by atoms with van der Waals surface area (Å²) in [6, 6.07) is 3.05. The van der Waals surface area contributed by atoms with Gasteiger partial charge in [0.25, 0.3) is 6.10 Å². The quantitative estimate of drug-likeness (QED) is 0.619. The van der Waals surface area contributed by atoms with Gasteiger partial charge in [0.1, 0.15) is 0 Å². The lowest BCUT2D eigenvalue weighted by Crippen LogP contribution is -2.30. The monoisotopic (exact) mass is 179 g/mol. The summed E-state index contributed by atoms with van der Waals surface area (Å²) >= 11 is 0. The molecule has 2 heterocycles. The van der Waals surface area contributed by atoms with Gasteiger partial charge in [-0.25, -0.2) is 9.78 Å². The van der Waals surface area contributed by atoms with Crippen LogP contribution >= 0.6 is 0 Å². The second-order valence-electron chi connectivity index (χ2n) is 2.56. The number of aliphatic carboxylic acids is 1. The molecular formula is C8H5NO4. The molecule has 0 aliphatic carbocycles. The molecule has 0 spiro atoms. The Morgan fingerprint density at radius 2 is 2.38 bits per heavy atom. The minimum Gasteiger partial charge on any atom is -0.478 e. The van der Waals surface area contributed by atoms with E-state index in [2.05, 4.69) is 4.98 Å². The normalized spacial score (nSPS) is 19.4. The van der Waals surface area contributed by atoms with Crippen LogP contribution in [-0.2, 0) is 4.79 Å². The molecule has 5 heteroatoms. The van der Waals surface area contributed by atoms with Crippen LogP contribution in [0.4, 0.5) is 0 Å². The first kappa shape index (κ1) is 7.72. The van der Waals surface area contributed by atoms with Gasteiger partial charge in [-0.3, -0.25) is 4.79 Å². The largest absolute Gasteiger partial charge is 0.478 e. The first-order valence-corrected chi connectivity index (χ1v) is 3.59. The molecular weight excluding hydrogens is 174 g/mol. The van der Waals surface area contributed by atoms with E-state index in [1.807, 2.05) is 0 Å². The van der Waals surface area contributed by atoms with Crippen molar-refractivity contribution in [2.45, 2.75) is 6.10 Å². The van der Waals surface area contributed by atoms with Crippen LogP contribution in [-0.4, -0.2) is 27.9 Å². The van der Waals surface area contributed by atoms with Crippen LogP contribution in [0, 0.1) is 0 Å². The van der Waals surface area contributed by atoms with Gasteiger partial charge < -0.3 is 9.84 Å². The maximum atomic E-state index is 11.3. The van der Waals surface area contributed by atoms with Crippen LogP contribution in [0.3, 0.4) is 0 Å². The predicted molar refractivity (Wildman–Crippen MR) is 40.6 cm³/mol. The fraction of sp³-hybridized carbons (Fsp3) is 0.125. The van der Waals surface area contributed by atoms with E-state index in [4.69, 9.17) is 9.84 Å². The summed E-state index contributed by atoms with van der Waals surface area (Å²) < 4.78 is 4.82. The third-order valence-corrected chi connectivity index (χ3v) is 1.73. The summed E-state index contributed by atoms with van der Waals surface area (Å²) in [5.74, 6) is -1.74. The highest BCUT2D eigenvalue weighted by Crippen LogP contribution is 2.25. The number of ether oxygens (including phenoxy) is 1. The second-order valence-corrected chi connectivity index (χ2v) is 2.56. The van der Waals surface area contributed by atoms with Crippen molar-refractivity contribution in [3.05, 3.63) is 23.9 Å². The molecule has 0 amide bonds. The molecule has 5 nitrogen and oxygen atoms in total. The van der Waals surface area contributed by atoms with Crippen molar-refractivity contribution in [2.24, 2.45) is 0 Å². The number of aromatic nitrogens is 1. The Morgan fingerprint density at radius 1 is 1.62 bits per heavy atom. The summed E-state index contributed by atoms with van der Waals surface area (Å²) in [5.41, 5.74) is 0.231. The van der Waals surface area contributed by atoms with Crippen molar-refractivity contribution in [3.8, 4) is 5.88 Å². The smallest absolute Gasteiger partial charge is 0.353 e. The van der Waals surface area contributed by atoms with Gasteiger partial charge in [0.05, 0.1) is 5.56 Å². The third-order valence-electron chi connectivity index (χ3n) is 1.73. The molecule has 1 aromatic rings. The molecule has 13 heavy (non-hydrogen) atoms. The maximum absolute atomic E-state index is 11.3. The summed E-state index contributed by atoms with van der Waals surface area (Å²) in [4.78, 5) is 25.5. The van der Waals surface area contributed by atoms with E-state index in [1.165, 1.54) is 12.3 Å². The van der Waals surface area contributed by atoms with Crippen molar-refractivity contribution in [1.29, 1.82) is 0 Å². The molecule has 0 aromatic carbocycles. The van der Waals surface area contributed by atoms with Crippen LogP contribution in [0.5, 0.6) is 5.88 Å². The number of carbonyl (C=O) groups excluding carboxylic acids is 1. The molecule has 1 unspecified atom stereocenters. The van der Waals surface area contributed by atoms with Gasteiger partial charge in [-0.2, -0.15) is 0 Å². The number of Topliss-reactive ketones (excluding diaryl/α,β-unsaturated/α-hetero) is 1. The molecule has 1 aliphatic rings. The summed E-state index contributed by atoms with van der Waals surface area (Å²) in [7, 11) is 0. The number of nitrogens with zero attached hydrogens (tertiary/aromatic N) is 1. The molecule has 1 aliphatic heterocycles. The number of hydrogen-bond acceptors (Lipinski definition) is 4. The minimum absolute atomic E-state index is 0.0971. The van der Waals surface area contributed by atoms with Crippen molar-refractivity contribution < 1.29 is 19.4 Å². The number of rotatable bonds is 1. The van der Waals surface area contributed by atoms with Crippen molar-refractivity contribution >= 4 is 11.8 Å². The summed E-state index contributed by atoms with van der Waals surface area (Å²) in [6.07, 6.45) is 0.0148. The SMILES string of the molecule is O=C(O)C1Oc2ncccc2C1=O. The van der Waals surface area contributed by atoms with E-state index in [0.29, 0.717) is 0 Å². The molecule has 0 bridgehead atoms. The standard InChI is InChI=1S/C8H5NO4/c10-5-4-2-1-3-9-7(4)13-6(5)8(11)12/h1-3,6H,(H,11,12). The van der Waals surface area contributed by atoms with Crippen LogP contribution in [0.15, 0.2) is 18.3 Å². The van der Waals surface area contributed by atoms with Gasteiger partial charge in [0.2, 0.25) is 11.7 Å². The van der Waals surface area contributed by atoms with Gasteiger partial charge in [-0.1, -0.05) is 0 Å². The molecule has 66 valence electrons. The van der Waals surface area contributed by atoms with Gasteiger partial charge in [0, 0.05) is 6.20 Å². The van der Waals surface area contributed by atoms with E-state index in [0.717, 1.165) is 0 Å². The highest BCUT2D eigenvalue weighted by molar-refractivity contribution is 6.14. The zero-order chi connectivity index (χ0) is 9.42. The molecule has 1 N–H and O–H groups in total. The highest BCUT2D eigenvalue weighted by Gasteiger charge is 2.38. The van der Waals surface area contributed by atoms with E-state index in [9.17, 15) is 9.59 Å². The lowest BCUT2D eigenvalue weighted by molar-refractivity contribution is -0.142. The lowest BCUT2D eigenvalue weighted by Gasteiger charge is -2.00. The highest BCUT2D eigenvalue weighted by atomic mass is 16.5.